The highest BCUT2D eigenvalue weighted by atomic mass is 79.9. The molecule has 0 aliphatic heterocycles. The summed E-state index contributed by atoms with van der Waals surface area (Å²) >= 11 is 3.45. The molecule has 1 N–H and O–H groups in total. The molecule has 0 saturated carbocycles. The van der Waals surface area contributed by atoms with E-state index in [-0.39, 0.29) is 6.03 Å². The van der Waals surface area contributed by atoms with Crippen LogP contribution in [0.2, 0.25) is 0 Å². The summed E-state index contributed by atoms with van der Waals surface area (Å²) in [4.78, 5) is 13.4. The van der Waals surface area contributed by atoms with Crippen LogP contribution in [0, 0.1) is 0 Å². The Morgan fingerprint density at radius 2 is 2.00 bits per heavy atom. The molecule has 1 rings (SSSR count). The fourth-order valence-electron chi connectivity index (χ4n) is 1.42. The van der Waals surface area contributed by atoms with E-state index < -0.39 is 0 Å². The average Bonchev–Trinajstić information content (AvgIpc) is 2.33. The number of hydrogen-bond donors (Lipinski definition) is 1. The molecule has 0 unspecified atom stereocenters. The van der Waals surface area contributed by atoms with Crippen LogP contribution < -0.4 is 5.32 Å². The predicted octanol–water partition coefficient (Wildman–Crippen LogP) is 3.47. The molecule has 4 heteroatoms. The normalized spacial score (nSPS) is 10.5. The first kappa shape index (κ1) is 13.8. The molecule has 0 heterocycles. The van der Waals surface area contributed by atoms with Gasteiger partial charge >= 0.3 is 6.03 Å². The fourth-order valence-corrected chi connectivity index (χ4v) is 1.83. The van der Waals surface area contributed by atoms with Crippen molar-refractivity contribution in [1.82, 2.24) is 10.2 Å². The van der Waals surface area contributed by atoms with E-state index in [1.807, 2.05) is 44.2 Å². The molecule has 1 aromatic rings. The summed E-state index contributed by atoms with van der Waals surface area (Å²) in [5.41, 5.74) is 1.03. The third-order valence-corrected chi connectivity index (χ3v) is 3.15. The molecule has 3 nitrogen and oxygen atoms in total. The molecule has 17 heavy (non-hydrogen) atoms. The third kappa shape index (κ3) is 4.23. The van der Waals surface area contributed by atoms with Crippen molar-refractivity contribution in [3.8, 4) is 0 Å². The molecule has 92 valence electrons. The van der Waals surface area contributed by atoms with Crippen LogP contribution in [0.15, 0.2) is 34.9 Å². The SMILES string of the molecule is CCN(CC)C(=O)N/C=C/c1ccccc1Br. The van der Waals surface area contributed by atoms with Gasteiger partial charge in [-0.05, 0) is 31.6 Å². The summed E-state index contributed by atoms with van der Waals surface area (Å²) in [5, 5.41) is 2.75. The van der Waals surface area contributed by atoms with Crippen molar-refractivity contribution in [2.45, 2.75) is 13.8 Å². The van der Waals surface area contributed by atoms with E-state index in [9.17, 15) is 4.79 Å². The van der Waals surface area contributed by atoms with Crippen LogP contribution in [0.5, 0.6) is 0 Å². The van der Waals surface area contributed by atoms with Gasteiger partial charge in [-0.25, -0.2) is 4.79 Å². The van der Waals surface area contributed by atoms with Crippen molar-refractivity contribution in [2.24, 2.45) is 0 Å². The number of nitrogens with one attached hydrogen (secondary N) is 1. The van der Waals surface area contributed by atoms with Crippen molar-refractivity contribution < 1.29 is 4.79 Å². The molecule has 0 fully saturated rings. The first-order chi connectivity index (χ1) is 8.19. The summed E-state index contributed by atoms with van der Waals surface area (Å²) < 4.78 is 1.01. The van der Waals surface area contributed by atoms with Crippen molar-refractivity contribution in [2.75, 3.05) is 13.1 Å². The van der Waals surface area contributed by atoms with Crippen LogP contribution in [0.1, 0.15) is 19.4 Å². The zero-order chi connectivity index (χ0) is 12.7. The van der Waals surface area contributed by atoms with E-state index in [0.717, 1.165) is 10.0 Å². The second-order valence-corrected chi connectivity index (χ2v) is 4.33. The van der Waals surface area contributed by atoms with Crippen LogP contribution in [-0.2, 0) is 0 Å². The van der Waals surface area contributed by atoms with Crippen LogP contribution in [0.3, 0.4) is 0 Å². The quantitative estimate of drug-likeness (QED) is 0.906. The topological polar surface area (TPSA) is 32.3 Å². The Morgan fingerprint density at radius 3 is 2.59 bits per heavy atom. The van der Waals surface area contributed by atoms with E-state index in [2.05, 4.69) is 21.2 Å². The van der Waals surface area contributed by atoms with Crippen molar-refractivity contribution in [1.29, 1.82) is 0 Å². The molecule has 0 aromatic heterocycles. The number of halogens is 1. The summed E-state index contributed by atoms with van der Waals surface area (Å²) in [5.74, 6) is 0. The number of urea groups is 1. The maximum atomic E-state index is 11.6. The van der Waals surface area contributed by atoms with E-state index in [0.29, 0.717) is 13.1 Å². The second kappa shape index (κ2) is 7.12. The molecule has 0 radical (unpaired) electrons. The number of carbonyl (C=O) groups excluding carboxylic acids is 1. The minimum Gasteiger partial charge on any atom is -0.325 e. The zero-order valence-corrected chi connectivity index (χ0v) is 11.7. The lowest BCUT2D eigenvalue weighted by Crippen LogP contribution is -2.37. The van der Waals surface area contributed by atoms with Crippen LogP contribution in [0.4, 0.5) is 4.79 Å². The largest absolute Gasteiger partial charge is 0.325 e. The summed E-state index contributed by atoms with van der Waals surface area (Å²) in [6, 6.07) is 7.78. The first-order valence-corrected chi connectivity index (χ1v) is 6.44. The molecule has 0 aliphatic rings. The van der Waals surface area contributed by atoms with E-state index in [1.165, 1.54) is 0 Å². The minimum atomic E-state index is -0.0710. The highest BCUT2D eigenvalue weighted by Crippen LogP contribution is 2.16. The maximum Gasteiger partial charge on any atom is 0.321 e. The van der Waals surface area contributed by atoms with Gasteiger partial charge in [0.15, 0.2) is 0 Å². The summed E-state index contributed by atoms with van der Waals surface area (Å²) in [6.45, 7) is 5.34. The van der Waals surface area contributed by atoms with Gasteiger partial charge in [0, 0.05) is 23.8 Å². The van der Waals surface area contributed by atoms with Gasteiger partial charge in [-0.1, -0.05) is 34.1 Å². The Hall–Kier alpha value is -1.29. The lowest BCUT2D eigenvalue weighted by atomic mass is 10.2. The number of rotatable bonds is 4. The van der Waals surface area contributed by atoms with Crippen LogP contribution in [0.25, 0.3) is 6.08 Å². The van der Waals surface area contributed by atoms with Gasteiger partial charge in [-0.3, -0.25) is 0 Å². The molecular formula is C13H17BrN2O. The summed E-state index contributed by atoms with van der Waals surface area (Å²) in [7, 11) is 0. The Kier molecular flexibility index (Phi) is 5.77. The molecule has 2 amide bonds. The fraction of sp³-hybridized carbons (Fsp3) is 0.308. The van der Waals surface area contributed by atoms with Gasteiger partial charge in [0.25, 0.3) is 0 Å². The Bertz CT molecular complexity index is 400. The van der Waals surface area contributed by atoms with E-state index in [1.54, 1.807) is 11.1 Å². The van der Waals surface area contributed by atoms with Gasteiger partial charge in [-0.2, -0.15) is 0 Å². The molecule has 0 bridgehead atoms. The Balaban J connectivity index is 2.56. The Morgan fingerprint density at radius 1 is 1.35 bits per heavy atom. The molecule has 0 atom stereocenters. The lowest BCUT2D eigenvalue weighted by molar-refractivity contribution is 0.207. The highest BCUT2D eigenvalue weighted by Gasteiger charge is 2.05. The smallest absolute Gasteiger partial charge is 0.321 e. The minimum absolute atomic E-state index is 0.0710. The van der Waals surface area contributed by atoms with Gasteiger partial charge < -0.3 is 10.2 Å². The number of hydrogen-bond acceptors (Lipinski definition) is 1. The number of nitrogens with zero attached hydrogens (tertiary/aromatic N) is 1. The van der Waals surface area contributed by atoms with Crippen LogP contribution in [-0.4, -0.2) is 24.0 Å². The second-order valence-electron chi connectivity index (χ2n) is 3.48. The third-order valence-electron chi connectivity index (χ3n) is 2.43. The number of amides is 2. The molecular weight excluding hydrogens is 280 g/mol. The highest BCUT2D eigenvalue weighted by molar-refractivity contribution is 9.10. The lowest BCUT2D eigenvalue weighted by Gasteiger charge is -2.17. The summed E-state index contributed by atoms with van der Waals surface area (Å²) in [6.07, 6.45) is 3.53. The van der Waals surface area contributed by atoms with Crippen molar-refractivity contribution in [3.05, 3.63) is 40.5 Å². The molecule has 0 saturated heterocycles. The molecule has 0 spiro atoms. The molecule has 0 aliphatic carbocycles. The van der Waals surface area contributed by atoms with Gasteiger partial charge in [0.2, 0.25) is 0 Å². The number of carbonyl (C=O) groups is 1. The van der Waals surface area contributed by atoms with Gasteiger partial charge in [0.05, 0.1) is 0 Å². The van der Waals surface area contributed by atoms with Gasteiger partial charge in [0.1, 0.15) is 0 Å². The average molecular weight is 297 g/mol. The predicted molar refractivity (Wildman–Crippen MR) is 74.6 cm³/mol. The maximum absolute atomic E-state index is 11.6. The van der Waals surface area contributed by atoms with Gasteiger partial charge in [-0.15, -0.1) is 0 Å². The van der Waals surface area contributed by atoms with Crippen molar-refractivity contribution >= 4 is 28.0 Å². The standard InChI is InChI=1S/C13H17BrN2O/c1-3-16(4-2)13(17)15-10-9-11-7-5-6-8-12(11)14/h5-10H,3-4H2,1-2H3,(H,15,17)/b10-9+. The Labute approximate surface area is 111 Å². The zero-order valence-electron chi connectivity index (χ0n) is 10.1. The molecule has 1 aromatic carbocycles. The van der Waals surface area contributed by atoms with E-state index in [4.69, 9.17) is 0 Å². The monoisotopic (exact) mass is 296 g/mol. The number of benzene rings is 1. The first-order valence-electron chi connectivity index (χ1n) is 5.65. The van der Waals surface area contributed by atoms with Crippen molar-refractivity contribution in [3.63, 3.8) is 0 Å². The van der Waals surface area contributed by atoms with Crippen LogP contribution >= 0.6 is 15.9 Å². The van der Waals surface area contributed by atoms with E-state index >= 15 is 0 Å².